The van der Waals surface area contributed by atoms with E-state index in [1.165, 1.54) is 0 Å². The highest BCUT2D eigenvalue weighted by molar-refractivity contribution is 6.23. The van der Waals surface area contributed by atoms with Gasteiger partial charge in [-0.1, -0.05) is 163 Å². The molecule has 0 bridgehead atoms. The summed E-state index contributed by atoms with van der Waals surface area (Å²) >= 11 is 0. The van der Waals surface area contributed by atoms with Crippen LogP contribution in [-0.4, -0.2) is 0 Å². The predicted molar refractivity (Wildman–Crippen MR) is 181 cm³/mol. The van der Waals surface area contributed by atoms with Gasteiger partial charge in [0, 0.05) is 0 Å². The molecule has 0 aliphatic carbocycles. The molecule has 0 nitrogen and oxygen atoms in total. The van der Waals surface area contributed by atoms with E-state index in [2.05, 4.69) is 0 Å². The molecule has 0 radical (unpaired) electrons. The summed E-state index contributed by atoms with van der Waals surface area (Å²) in [6, 6.07) is -28.5. The molecule has 0 amide bonds. The molecule has 0 aliphatic rings. The summed E-state index contributed by atoms with van der Waals surface area (Å²) in [7, 11) is 0. The topological polar surface area (TPSA) is 0 Å². The van der Waals surface area contributed by atoms with Gasteiger partial charge in [0.05, 0.1) is 38.4 Å². The zero-order valence-electron chi connectivity index (χ0n) is 49.0. The van der Waals surface area contributed by atoms with Crippen LogP contribution in [0.3, 0.4) is 0 Å². The minimum atomic E-state index is -1.16. The Bertz CT molecular complexity index is 3730. The van der Waals surface area contributed by atoms with Gasteiger partial charge in [-0.2, -0.15) is 0 Å². The van der Waals surface area contributed by atoms with Crippen LogP contribution in [0.15, 0.2) is 169 Å². The van der Waals surface area contributed by atoms with Crippen LogP contribution < -0.4 is 0 Å². The van der Waals surface area contributed by atoms with E-state index >= 15 is 0 Å². The first-order valence-corrected chi connectivity index (χ1v) is 12.2. The van der Waals surface area contributed by atoms with Crippen LogP contribution in [0.4, 0.5) is 0 Å². The largest absolute Gasteiger partial charge is 0.0636 e. The van der Waals surface area contributed by atoms with Crippen LogP contribution in [0.5, 0.6) is 0 Å². The molecule has 0 atom stereocenters. The first-order valence-electron chi connectivity index (χ1n) is 26.2. The molecular formula is C42H28. The predicted octanol–water partition coefficient (Wildman–Crippen LogP) is 11.8. The molecular weight excluding hydrogens is 504 g/mol. The van der Waals surface area contributed by atoms with Gasteiger partial charge in [0.25, 0.3) is 0 Å². The van der Waals surface area contributed by atoms with Crippen molar-refractivity contribution in [1.82, 2.24) is 0 Å². The summed E-state index contributed by atoms with van der Waals surface area (Å²) in [6.07, 6.45) is 0. The number of hydrogen-bond acceptors (Lipinski definition) is 0. The van der Waals surface area contributed by atoms with Gasteiger partial charge in [0.2, 0.25) is 0 Å². The standard InChI is InChI=1S/C42H28/c1-3-14-29(15-4-1)34-21-9-10-22-36(34)42-38-24-12-11-23-37(38)41(31-17-5-2-6-18-31)40-28-32(26-27-39(40)42)35-25-13-19-30-16-7-8-20-33(30)35/h1-28H/i1D,2D,3D,4D,5D,6D,7D,8D,9D,10D,11D,12D,13D,14D,15D,16D,17D,18D,19D,20D,21D,22D,23D,24D,25D,26D,27D,28D. The fourth-order valence-electron chi connectivity index (χ4n) is 4.78. The third-order valence-electron chi connectivity index (χ3n) is 6.50. The van der Waals surface area contributed by atoms with Crippen LogP contribution in [0.1, 0.15) is 38.4 Å². The quantitative estimate of drug-likeness (QED) is 0.188. The Morgan fingerprint density at radius 2 is 0.810 bits per heavy atom. The lowest BCUT2D eigenvalue weighted by Gasteiger charge is -2.20. The van der Waals surface area contributed by atoms with Crippen molar-refractivity contribution in [3.8, 4) is 44.5 Å². The van der Waals surface area contributed by atoms with Crippen molar-refractivity contribution in [2.45, 2.75) is 0 Å². The number of hydrogen-bond donors (Lipinski definition) is 0. The van der Waals surface area contributed by atoms with Crippen molar-refractivity contribution >= 4 is 32.3 Å². The van der Waals surface area contributed by atoms with E-state index in [0.717, 1.165) is 0 Å². The maximum absolute atomic E-state index is 10.1. The first kappa shape index (κ1) is 9.02. The average molecular weight is 561 g/mol. The molecule has 0 heterocycles. The van der Waals surface area contributed by atoms with E-state index in [1.54, 1.807) is 0 Å². The Morgan fingerprint density at radius 3 is 1.57 bits per heavy atom. The molecule has 0 unspecified atom stereocenters. The van der Waals surface area contributed by atoms with E-state index in [4.69, 9.17) is 28.8 Å². The summed E-state index contributed by atoms with van der Waals surface area (Å²) in [4.78, 5) is 0. The number of rotatable bonds is 4. The molecule has 0 N–H and O–H groups in total. The lowest BCUT2D eigenvalue weighted by atomic mass is 9.83. The zero-order valence-corrected chi connectivity index (χ0v) is 21.0. The second kappa shape index (κ2) is 10.2. The van der Waals surface area contributed by atoms with E-state index in [9.17, 15) is 9.60 Å². The van der Waals surface area contributed by atoms with Crippen LogP contribution >= 0.6 is 0 Å². The van der Waals surface area contributed by atoms with Gasteiger partial charge in [0.1, 0.15) is 0 Å². The van der Waals surface area contributed by atoms with Gasteiger partial charge in [-0.15, -0.1) is 0 Å². The Balaban J connectivity index is 1.85. The summed E-state index contributed by atoms with van der Waals surface area (Å²) in [5.74, 6) is 0. The molecule has 0 fully saturated rings. The lowest BCUT2D eigenvalue weighted by Crippen LogP contribution is -1.93. The van der Waals surface area contributed by atoms with Crippen LogP contribution in [0.25, 0.3) is 76.8 Å². The minimum absolute atomic E-state index is 0.657. The lowest BCUT2D eigenvalue weighted by molar-refractivity contribution is 1.60. The summed E-state index contributed by atoms with van der Waals surface area (Å²) in [6.45, 7) is 0. The number of benzene rings is 8. The van der Waals surface area contributed by atoms with Gasteiger partial charge < -0.3 is 0 Å². The van der Waals surface area contributed by atoms with Crippen LogP contribution in [-0.2, 0) is 0 Å². The van der Waals surface area contributed by atoms with Crippen molar-refractivity contribution < 1.29 is 38.4 Å². The first-order chi connectivity index (χ1) is 32.5. The minimum Gasteiger partial charge on any atom is -0.0622 e. The third-order valence-corrected chi connectivity index (χ3v) is 6.50. The summed E-state index contributed by atoms with van der Waals surface area (Å²) in [5, 5.41) is -4.76. The summed E-state index contributed by atoms with van der Waals surface area (Å²) in [5.41, 5.74) is -6.96. The van der Waals surface area contributed by atoms with E-state index in [0.29, 0.717) is 0 Å². The molecule has 0 heteroatoms. The van der Waals surface area contributed by atoms with E-state index in [-0.39, 0.29) is 0 Å². The van der Waals surface area contributed by atoms with Gasteiger partial charge >= 0.3 is 0 Å². The highest BCUT2D eigenvalue weighted by Gasteiger charge is 2.19. The Morgan fingerprint density at radius 1 is 0.286 bits per heavy atom. The number of fused-ring (bicyclic) bond motifs is 3. The summed E-state index contributed by atoms with van der Waals surface area (Å²) < 4.78 is 250. The van der Waals surface area contributed by atoms with Crippen molar-refractivity contribution in [2.75, 3.05) is 0 Å². The Hall–Kier alpha value is -5.46. The SMILES string of the molecule is [2H]c1c([2H])c([2H])c(-c2c([2H])c([2H])c([2H])c([2H])c2-c2c3c([2H])c([2H])c([2H])c([2H])c3c(-c3c([2H])c([2H])c([2H])c([2H])c3[2H])c3c([2H])c(-c4c([2H])c([2H])c([2H])c5c([2H])c([2H])c([2H])c([2H])c45)c([2H])c([2H])c23)c([2H])c1[2H]. The highest BCUT2D eigenvalue weighted by atomic mass is 14.2. The maximum Gasteiger partial charge on any atom is 0.0636 e. The normalized spacial score (nSPS) is 20.7. The van der Waals surface area contributed by atoms with Crippen molar-refractivity contribution in [3.63, 3.8) is 0 Å². The molecule has 8 aromatic rings. The molecule has 8 rings (SSSR count). The monoisotopic (exact) mass is 560 g/mol. The van der Waals surface area contributed by atoms with Crippen molar-refractivity contribution in [3.05, 3.63) is 169 Å². The fraction of sp³-hybridized carbons (Fsp3) is 0. The maximum atomic E-state index is 10.1. The average Bonchev–Trinajstić information content (AvgIpc) is 3.33. The molecule has 42 heavy (non-hydrogen) atoms. The molecule has 0 spiro atoms. The molecule has 8 aromatic carbocycles. The zero-order chi connectivity index (χ0) is 52.2. The van der Waals surface area contributed by atoms with Gasteiger partial charge in [0.15, 0.2) is 0 Å². The van der Waals surface area contributed by atoms with E-state index in [1.807, 2.05) is 0 Å². The smallest absolute Gasteiger partial charge is 0.0622 e. The second-order valence-corrected chi connectivity index (χ2v) is 8.75. The van der Waals surface area contributed by atoms with Gasteiger partial charge in [-0.05, 0) is 82.9 Å². The molecule has 0 saturated carbocycles. The van der Waals surface area contributed by atoms with Crippen molar-refractivity contribution in [2.24, 2.45) is 0 Å². The van der Waals surface area contributed by atoms with Crippen molar-refractivity contribution in [1.29, 1.82) is 0 Å². The van der Waals surface area contributed by atoms with Gasteiger partial charge in [-0.3, -0.25) is 0 Å². The second-order valence-electron chi connectivity index (χ2n) is 8.75. The molecule has 196 valence electrons. The third kappa shape index (κ3) is 4.00. The van der Waals surface area contributed by atoms with Crippen LogP contribution in [0.2, 0.25) is 0 Å². The fourth-order valence-corrected chi connectivity index (χ4v) is 4.78. The molecule has 0 aliphatic heterocycles. The molecule has 0 saturated heterocycles. The highest BCUT2D eigenvalue weighted by Crippen LogP contribution is 2.47. The van der Waals surface area contributed by atoms with Crippen LogP contribution in [0, 0.1) is 0 Å². The van der Waals surface area contributed by atoms with E-state index < -0.39 is 246 Å². The van der Waals surface area contributed by atoms with Gasteiger partial charge in [-0.25, -0.2) is 0 Å². The Kier molecular flexibility index (Phi) is 2.19. The Labute approximate surface area is 285 Å². The molecule has 0 aromatic heterocycles.